The van der Waals surface area contributed by atoms with Crippen LogP contribution >= 0.6 is 0 Å². The first-order chi connectivity index (χ1) is 4.58. The molecular weight excluding hydrogens is 150 g/mol. The summed E-state index contributed by atoms with van der Waals surface area (Å²) in [6, 6.07) is 0. The first-order valence-corrected chi connectivity index (χ1v) is 5.52. The highest BCUT2D eigenvalue weighted by Crippen LogP contribution is 2.08. The van der Waals surface area contributed by atoms with Crippen molar-refractivity contribution in [3.05, 3.63) is 0 Å². The zero-order valence-electron chi connectivity index (χ0n) is 6.13. The average molecular weight is 163 g/mol. The summed E-state index contributed by atoms with van der Waals surface area (Å²) >= 11 is 0. The van der Waals surface area contributed by atoms with Crippen LogP contribution in [-0.2, 0) is 9.84 Å². The highest BCUT2D eigenvalue weighted by atomic mass is 32.2. The monoisotopic (exact) mass is 163 g/mol. The van der Waals surface area contributed by atoms with Crippen LogP contribution in [0.2, 0.25) is 0 Å². The molecule has 0 aromatic carbocycles. The molecule has 1 aliphatic heterocycles. The molecule has 10 heavy (non-hydrogen) atoms. The molecule has 0 aromatic heterocycles. The van der Waals surface area contributed by atoms with Gasteiger partial charge in [0.05, 0.1) is 5.75 Å². The lowest BCUT2D eigenvalue weighted by molar-refractivity contribution is 0.339. The fourth-order valence-corrected chi connectivity index (χ4v) is 1.69. The Balaban J connectivity index is 2.16. The standard InChI is InChI=1S/C6H13NO2S/c1-10(8,9)3-2-6-4-7-5-6/h6-7H,2-5H2,1H3. The summed E-state index contributed by atoms with van der Waals surface area (Å²) in [5.74, 6) is 0.953. The summed E-state index contributed by atoms with van der Waals surface area (Å²) in [7, 11) is -2.72. The molecule has 0 bridgehead atoms. The number of rotatable bonds is 3. The van der Waals surface area contributed by atoms with E-state index in [0.717, 1.165) is 19.5 Å². The Morgan fingerprint density at radius 1 is 1.50 bits per heavy atom. The maximum absolute atomic E-state index is 10.7. The van der Waals surface area contributed by atoms with Crippen molar-refractivity contribution in [1.82, 2.24) is 5.32 Å². The number of hydrogen-bond acceptors (Lipinski definition) is 3. The van der Waals surface area contributed by atoms with Gasteiger partial charge in [-0.2, -0.15) is 0 Å². The van der Waals surface area contributed by atoms with Crippen LogP contribution in [0, 0.1) is 5.92 Å². The molecule has 0 amide bonds. The van der Waals surface area contributed by atoms with Gasteiger partial charge in [-0.25, -0.2) is 8.42 Å². The average Bonchev–Trinajstić information content (AvgIpc) is 1.56. The number of hydrogen-bond donors (Lipinski definition) is 1. The molecule has 0 unspecified atom stereocenters. The molecule has 0 aromatic rings. The van der Waals surface area contributed by atoms with Gasteiger partial charge in [0.15, 0.2) is 0 Å². The van der Waals surface area contributed by atoms with Crippen LogP contribution in [0.15, 0.2) is 0 Å². The van der Waals surface area contributed by atoms with Crippen molar-refractivity contribution in [3.8, 4) is 0 Å². The second-order valence-electron chi connectivity index (χ2n) is 2.94. The Labute approximate surface area is 61.7 Å². The van der Waals surface area contributed by atoms with E-state index in [0.29, 0.717) is 11.7 Å². The maximum Gasteiger partial charge on any atom is 0.147 e. The SMILES string of the molecule is CS(=O)(=O)CCC1CNC1. The topological polar surface area (TPSA) is 46.2 Å². The fraction of sp³-hybridized carbons (Fsp3) is 1.00. The summed E-state index contributed by atoms with van der Waals surface area (Å²) < 4.78 is 21.3. The van der Waals surface area contributed by atoms with E-state index in [1.54, 1.807) is 0 Å². The van der Waals surface area contributed by atoms with E-state index in [1.807, 2.05) is 0 Å². The minimum Gasteiger partial charge on any atom is -0.316 e. The number of sulfone groups is 1. The van der Waals surface area contributed by atoms with Crippen LogP contribution < -0.4 is 5.32 Å². The van der Waals surface area contributed by atoms with Crippen molar-refractivity contribution in [2.75, 3.05) is 25.1 Å². The highest BCUT2D eigenvalue weighted by Gasteiger charge is 2.17. The summed E-state index contributed by atoms with van der Waals surface area (Å²) in [6.07, 6.45) is 2.12. The van der Waals surface area contributed by atoms with Crippen molar-refractivity contribution in [2.45, 2.75) is 6.42 Å². The molecule has 0 atom stereocenters. The van der Waals surface area contributed by atoms with Crippen LogP contribution in [0.25, 0.3) is 0 Å². The van der Waals surface area contributed by atoms with Gasteiger partial charge in [0.1, 0.15) is 9.84 Å². The van der Waals surface area contributed by atoms with Crippen molar-refractivity contribution < 1.29 is 8.42 Å². The molecule has 1 fully saturated rings. The summed E-state index contributed by atoms with van der Waals surface area (Å²) in [4.78, 5) is 0. The second-order valence-corrected chi connectivity index (χ2v) is 5.20. The summed E-state index contributed by atoms with van der Waals surface area (Å²) in [5.41, 5.74) is 0. The maximum atomic E-state index is 10.7. The Morgan fingerprint density at radius 2 is 2.10 bits per heavy atom. The largest absolute Gasteiger partial charge is 0.316 e. The molecule has 1 rings (SSSR count). The predicted molar refractivity (Wildman–Crippen MR) is 40.7 cm³/mol. The summed E-state index contributed by atoms with van der Waals surface area (Å²) in [5, 5.41) is 3.10. The Kier molecular flexibility index (Phi) is 2.31. The Morgan fingerprint density at radius 3 is 2.40 bits per heavy atom. The molecule has 60 valence electrons. The second kappa shape index (κ2) is 2.88. The van der Waals surface area contributed by atoms with E-state index >= 15 is 0 Å². The molecule has 0 radical (unpaired) electrons. The summed E-state index contributed by atoms with van der Waals surface area (Å²) in [6.45, 7) is 1.99. The van der Waals surface area contributed by atoms with E-state index in [-0.39, 0.29) is 0 Å². The van der Waals surface area contributed by atoms with Gasteiger partial charge in [0.25, 0.3) is 0 Å². The first-order valence-electron chi connectivity index (χ1n) is 3.46. The zero-order valence-corrected chi connectivity index (χ0v) is 6.95. The van der Waals surface area contributed by atoms with Gasteiger partial charge in [0, 0.05) is 6.26 Å². The van der Waals surface area contributed by atoms with Crippen molar-refractivity contribution in [2.24, 2.45) is 5.92 Å². The van der Waals surface area contributed by atoms with Crippen LogP contribution in [-0.4, -0.2) is 33.5 Å². The predicted octanol–water partition coefficient (Wildman–Crippen LogP) is -0.359. The number of nitrogens with one attached hydrogen (secondary N) is 1. The van der Waals surface area contributed by atoms with Crippen molar-refractivity contribution >= 4 is 9.84 Å². The van der Waals surface area contributed by atoms with Crippen LogP contribution in [0.4, 0.5) is 0 Å². The lowest BCUT2D eigenvalue weighted by Gasteiger charge is -2.26. The third-order valence-corrected chi connectivity index (χ3v) is 2.74. The minimum absolute atomic E-state index is 0.347. The van der Waals surface area contributed by atoms with Crippen LogP contribution in [0.1, 0.15) is 6.42 Å². The molecule has 0 spiro atoms. The molecule has 1 saturated heterocycles. The molecule has 3 nitrogen and oxygen atoms in total. The van der Waals surface area contributed by atoms with E-state index in [4.69, 9.17) is 0 Å². The van der Waals surface area contributed by atoms with Gasteiger partial charge in [0.2, 0.25) is 0 Å². The third kappa shape index (κ3) is 2.66. The van der Waals surface area contributed by atoms with Gasteiger partial charge < -0.3 is 5.32 Å². The first kappa shape index (κ1) is 8.01. The molecular formula is C6H13NO2S. The lowest BCUT2D eigenvalue weighted by atomic mass is 10.0. The smallest absolute Gasteiger partial charge is 0.147 e. The van der Waals surface area contributed by atoms with Gasteiger partial charge in [-0.05, 0) is 25.4 Å². The van der Waals surface area contributed by atoms with Crippen molar-refractivity contribution in [3.63, 3.8) is 0 Å². The van der Waals surface area contributed by atoms with E-state index in [2.05, 4.69) is 5.32 Å². The molecule has 0 aliphatic carbocycles. The van der Waals surface area contributed by atoms with Gasteiger partial charge in [-0.15, -0.1) is 0 Å². The lowest BCUT2D eigenvalue weighted by Crippen LogP contribution is -2.42. The molecule has 4 heteroatoms. The van der Waals surface area contributed by atoms with E-state index in [9.17, 15) is 8.42 Å². The molecule has 1 N–H and O–H groups in total. The molecule has 0 saturated carbocycles. The van der Waals surface area contributed by atoms with E-state index < -0.39 is 9.84 Å². The Bertz CT molecular complexity index is 194. The van der Waals surface area contributed by atoms with Gasteiger partial charge >= 0.3 is 0 Å². The molecule has 1 heterocycles. The normalized spacial score (nSPS) is 20.5. The van der Waals surface area contributed by atoms with Crippen molar-refractivity contribution in [1.29, 1.82) is 0 Å². The third-order valence-electron chi connectivity index (χ3n) is 1.76. The van der Waals surface area contributed by atoms with Crippen LogP contribution in [0.3, 0.4) is 0 Å². The fourth-order valence-electron chi connectivity index (χ4n) is 0.933. The quantitative estimate of drug-likeness (QED) is 0.618. The molecule has 1 aliphatic rings. The Hall–Kier alpha value is -0.0900. The van der Waals surface area contributed by atoms with Crippen LogP contribution in [0.5, 0.6) is 0 Å². The van der Waals surface area contributed by atoms with Gasteiger partial charge in [-0.3, -0.25) is 0 Å². The minimum atomic E-state index is -2.72. The zero-order chi connectivity index (χ0) is 7.61. The van der Waals surface area contributed by atoms with E-state index in [1.165, 1.54) is 6.26 Å². The van der Waals surface area contributed by atoms with Gasteiger partial charge in [-0.1, -0.05) is 0 Å². The highest BCUT2D eigenvalue weighted by molar-refractivity contribution is 7.90.